The summed E-state index contributed by atoms with van der Waals surface area (Å²) in [6, 6.07) is 3.09. The molecule has 0 atom stereocenters. The quantitative estimate of drug-likeness (QED) is 0.131. The van der Waals surface area contributed by atoms with Gasteiger partial charge in [-0.05, 0) is 19.3 Å². The van der Waals surface area contributed by atoms with Crippen molar-refractivity contribution in [3.63, 3.8) is 0 Å². The predicted molar refractivity (Wildman–Crippen MR) is 118 cm³/mol. The molecule has 0 unspecified atom stereocenters. The standard InChI is InChI=1S/C23H48OSi/c1-4-5-6-7-8-13-16-19-22-25(2,3)23-20-17-14-11-9-10-12-15-18-21-24/h4,24H,1,5-23H2,2-3H3. The summed E-state index contributed by atoms with van der Waals surface area (Å²) in [5.41, 5.74) is 0. The third kappa shape index (κ3) is 20.1. The van der Waals surface area contributed by atoms with Gasteiger partial charge in [-0.3, -0.25) is 0 Å². The minimum Gasteiger partial charge on any atom is -0.396 e. The first-order chi connectivity index (χ1) is 12.1. The van der Waals surface area contributed by atoms with Crippen LogP contribution in [0.25, 0.3) is 0 Å². The van der Waals surface area contributed by atoms with E-state index in [0.717, 1.165) is 6.42 Å². The molecule has 0 saturated heterocycles. The van der Waals surface area contributed by atoms with Crippen molar-refractivity contribution in [2.24, 2.45) is 0 Å². The van der Waals surface area contributed by atoms with Gasteiger partial charge >= 0.3 is 0 Å². The fourth-order valence-corrected chi connectivity index (χ4v) is 6.34. The second kappa shape index (κ2) is 18.7. The van der Waals surface area contributed by atoms with Gasteiger partial charge in [-0.2, -0.15) is 0 Å². The molecule has 0 fully saturated rings. The SMILES string of the molecule is C=CCCCCCCCC[Si](C)(C)CCCCCCCCCCCO. The smallest absolute Gasteiger partial charge is 0.0473 e. The highest BCUT2D eigenvalue weighted by atomic mass is 28.3. The van der Waals surface area contributed by atoms with Crippen LogP contribution >= 0.6 is 0 Å². The van der Waals surface area contributed by atoms with Crippen molar-refractivity contribution in [1.29, 1.82) is 0 Å². The molecule has 0 saturated carbocycles. The highest BCUT2D eigenvalue weighted by Gasteiger charge is 2.18. The molecule has 2 heteroatoms. The summed E-state index contributed by atoms with van der Waals surface area (Å²) in [5, 5.41) is 8.75. The van der Waals surface area contributed by atoms with Crippen LogP contribution in [-0.4, -0.2) is 19.8 Å². The molecule has 150 valence electrons. The summed E-state index contributed by atoms with van der Waals surface area (Å²) in [6.07, 6.45) is 23.9. The fraction of sp³-hybridized carbons (Fsp3) is 0.913. The summed E-state index contributed by atoms with van der Waals surface area (Å²) in [5.74, 6) is 0. The van der Waals surface area contributed by atoms with Crippen molar-refractivity contribution in [2.45, 2.75) is 128 Å². The zero-order chi connectivity index (χ0) is 18.6. The van der Waals surface area contributed by atoms with E-state index in [1.165, 1.54) is 96.3 Å². The van der Waals surface area contributed by atoms with E-state index in [-0.39, 0.29) is 0 Å². The number of aliphatic hydroxyl groups is 1. The van der Waals surface area contributed by atoms with Gasteiger partial charge in [0, 0.05) is 14.7 Å². The highest BCUT2D eigenvalue weighted by Crippen LogP contribution is 2.23. The summed E-state index contributed by atoms with van der Waals surface area (Å²) in [6.45, 7) is 9.38. The van der Waals surface area contributed by atoms with E-state index >= 15 is 0 Å². The lowest BCUT2D eigenvalue weighted by atomic mass is 10.1. The van der Waals surface area contributed by atoms with E-state index in [4.69, 9.17) is 5.11 Å². The Morgan fingerprint density at radius 3 is 1.36 bits per heavy atom. The van der Waals surface area contributed by atoms with Crippen LogP contribution in [0.1, 0.15) is 103 Å². The summed E-state index contributed by atoms with van der Waals surface area (Å²) < 4.78 is 0. The van der Waals surface area contributed by atoms with Crippen LogP contribution in [0.2, 0.25) is 25.2 Å². The Bertz CT molecular complexity index is 275. The van der Waals surface area contributed by atoms with Gasteiger partial charge in [0.1, 0.15) is 0 Å². The Morgan fingerprint density at radius 1 is 0.600 bits per heavy atom. The second-order valence-electron chi connectivity index (χ2n) is 8.77. The van der Waals surface area contributed by atoms with E-state index in [1.807, 2.05) is 6.08 Å². The molecular formula is C23H48OSi. The lowest BCUT2D eigenvalue weighted by Gasteiger charge is -2.22. The number of rotatable bonds is 20. The molecule has 0 heterocycles. The first kappa shape index (κ1) is 24.9. The molecule has 0 aliphatic rings. The molecule has 25 heavy (non-hydrogen) atoms. The van der Waals surface area contributed by atoms with Crippen LogP contribution in [-0.2, 0) is 0 Å². The molecule has 0 bridgehead atoms. The van der Waals surface area contributed by atoms with Crippen molar-refractivity contribution in [3.8, 4) is 0 Å². The summed E-state index contributed by atoms with van der Waals surface area (Å²) in [4.78, 5) is 0. The lowest BCUT2D eigenvalue weighted by Crippen LogP contribution is -2.24. The predicted octanol–water partition coefficient (Wildman–Crippen LogP) is 8.11. The van der Waals surface area contributed by atoms with Gasteiger partial charge in [-0.15, -0.1) is 6.58 Å². The van der Waals surface area contributed by atoms with Crippen LogP contribution < -0.4 is 0 Å². The zero-order valence-corrected chi connectivity index (χ0v) is 18.7. The molecule has 0 radical (unpaired) electrons. The third-order valence-corrected chi connectivity index (χ3v) is 8.94. The zero-order valence-electron chi connectivity index (χ0n) is 17.7. The molecule has 0 aliphatic carbocycles. The van der Waals surface area contributed by atoms with E-state index < -0.39 is 8.07 Å². The van der Waals surface area contributed by atoms with Gasteiger partial charge in [-0.25, -0.2) is 0 Å². The van der Waals surface area contributed by atoms with Crippen LogP contribution in [0.5, 0.6) is 0 Å². The average molecular weight is 369 g/mol. The number of allylic oxidation sites excluding steroid dienone is 1. The van der Waals surface area contributed by atoms with E-state index in [1.54, 1.807) is 12.1 Å². The largest absolute Gasteiger partial charge is 0.396 e. The Labute approximate surface area is 160 Å². The maximum Gasteiger partial charge on any atom is 0.0473 e. The molecule has 1 nitrogen and oxygen atoms in total. The van der Waals surface area contributed by atoms with Crippen molar-refractivity contribution < 1.29 is 5.11 Å². The molecule has 0 aromatic rings. The van der Waals surface area contributed by atoms with Gasteiger partial charge in [0.15, 0.2) is 0 Å². The van der Waals surface area contributed by atoms with E-state index in [2.05, 4.69) is 19.7 Å². The first-order valence-electron chi connectivity index (χ1n) is 11.3. The number of aliphatic hydroxyl groups excluding tert-OH is 1. The van der Waals surface area contributed by atoms with Gasteiger partial charge in [-0.1, -0.05) is 115 Å². The Morgan fingerprint density at radius 2 is 0.960 bits per heavy atom. The second-order valence-corrected chi connectivity index (χ2v) is 14.1. The molecule has 1 N–H and O–H groups in total. The topological polar surface area (TPSA) is 20.2 Å². The monoisotopic (exact) mass is 368 g/mol. The average Bonchev–Trinajstić information content (AvgIpc) is 2.59. The van der Waals surface area contributed by atoms with Crippen molar-refractivity contribution in [1.82, 2.24) is 0 Å². The van der Waals surface area contributed by atoms with Crippen molar-refractivity contribution >= 4 is 8.07 Å². The molecule has 0 aromatic heterocycles. The first-order valence-corrected chi connectivity index (χ1v) is 14.8. The van der Waals surface area contributed by atoms with Gasteiger partial charge < -0.3 is 5.11 Å². The van der Waals surface area contributed by atoms with Crippen LogP contribution in [0.15, 0.2) is 12.7 Å². The Kier molecular flexibility index (Phi) is 18.6. The van der Waals surface area contributed by atoms with E-state index in [0.29, 0.717) is 6.61 Å². The lowest BCUT2D eigenvalue weighted by molar-refractivity contribution is 0.282. The van der Waals surface area contributed by atoms with Crippen molar-refractivity contribution in [2.75, 3.05) is 6.61 Å². The Hall–Kier alpha value is -0.0831. The van der Waals surface area contributed by atoms with Crippen LogP contribution in [0.4, 0.5) is 0 Å². The van der Waals surface area contributed by atoms with Gasteiger partial charge in [0.25, 0.3) is 0 Å². The normalized spacial score (nSPS) is 11.8. The number of hydrogen-bond acceptors (Lipinski definition) is 1. The van der Waals surface area contributed by atoms with Crippen LogP contribution in [0, 0.1) is 0 Å². The summed E-state index contributed by atoms with van der Waals surface area (Å²) >= 11 is 0. The van der Waals surface area contributed by atoms with E-state index in [9.17, 15) is 0 Å². The minimum absolute atomic E-state index is 0.370. The highest BCUT2D eigenvalue weighted by molar-refractivity contribution is 6.77. The van der Waals surface area contributed by atoms with Crippen LogP contribution in [0.3, 0.4) is 0 Å². The summed E-state index contributed by atoms with van der Waals surface area (Å²) in [7, 11) is -0.912. The minimum atomic E-state index is -0.912. The van der Waals surface area contributed by atoms with Gasteiger partial charge in [0.05, 0.1) is 0 Å². The molecule has 0 spiro atoms. The third-order valence-electron chi connectivity index (χ3n) is 5.52. The fourth-order valence-electron chi connectivity index (χ4n) is 3.68. The number of unbranched alkanes of at least 4 members (excludes halogenated alkanes) is 14. The molecule has 0 amide bonds. The molecule has 0 rings (SSSR count). The van der Waals surface area contributed by atoms with Crippen molar-refractivity contribution in [3.05, 3.63) is 12.7 Å². The maximum absolute atomic E-state index is 8.75. The molecular weight excluding hydrogens is 320 g/mol. The molecule has 0 aromatic carbocycles. The molecule has 0 aliphatic heterocycles. The number of hydrogen-bond donors (Lipinski definition) is 1. The maximum atomic E-state index is 8.75. The Balaban J connectivity index is 3.33. The van der Waals surface area contributed by atoms with Gasteiger partial charge in [0.2, 0.25) is 0 Å².